The fraction of sp³-hybridized carbons (Fsp3) is 0.143. The second-order valence-electron chi connectivity index (χ2n) is 4.34. The third kappa shape index (κ3) is 2.15. The van der Waals surface area contributed by atoms with E-state index < -0.39 is 6.10 Å². The molecule has 0 amide bonds. The van der Waals surface area contributed by atoms with E-state index in [1.54, 1.807) is 24.7 Å². The number of fused-ring (bicyclic) bond motifs is 1. The summed E-state index contributed by atoms with van der Waals surface area (Å²) in [5, 5.41) is 14.1. The van der Waals surface area contributed by atoms with Crippen LogP contribution in [0.25, 0.3) is 5.52 Å². The topological polar surface area (TPSA) is 59.5 Å². The minimum absolute atomic E-state index is 0.157. The Bertz CT molecular complexity index is 746. The van der Waals surface area contributed by atoms with E-state index in [0.717, 1.165) is 5.56 Å². The van der Waals surface area contributed by atoms with Crippen LogP contribution in [-0.2, 0) is 6.54 Å². The number of aromatic nitrogens is 3. The lowest BCUT2D eigenvalue weighted by molar-refractivity contribution is 0.155. The monoisotopic (exact) mass is 255 g/mol. The molecule has 96 valence electrons. The Morgan fingerprint density at radius 2 is 1.95 bits per heavy atom. The summed E-state index contributed by atoms with van der Waals surface area (Å²) in [4.78, 5) is 12.1. The van der Waals surface area contributed by atoms with Crippen LogP contribution in [0.5, 0.6) is 0 Å². The molecule has 0 saturated carbocycles. The smallest absolute Gasteiger partial charge is 0.276 e. The number of aliphatic hydroxyl groups is 1. The second kappa shape index (κ2) is 4.70. The molecule has 1 atom stereocenters. The predicted molar refractivity (Wildman–Crippen MR) is 70.9 cm³/mol. The van der Waals surface area contributed by atoms with E-state index in [-0.39, 0.29) is 12.1 Å². The maximum absolute atomic E-state index is 12.1. The molecule has 19 heavy (non-hydrogen) atoms. The predicted octanol–water partition coefficient (Wildman–Crippen LogP) is 1.23. The minimum Gasteiger partial charge on any atom is -0.387 e. The zero-order chi connectivity index (χ0) is 13.2. The van der Waals surface area contributed by atoms with Crippen LogP contribution in [0.1, 0.15) is 11.7 Å². The average molecular weight is 255 g/mol. The van der Waals surface area contributed by atoms with Crippen LogP contribution in [0.2, 0.25) is 0 Å². The van der Waals surface area contributed by atoms with Crippen molar-refractivity contribution in [1.29, 1.82) is 0 Å². The van der Waals surface area contributed by atoms with Gasteiger partial charge in [-0.15, -0.1) is 0 Å². The first-order chi connectivity index (χ1) is 9.25. The van der Waals surface area contributed by atoms with Crippen LogP contribution in [0.15, 0.2) is 59.8 Å². The van der Waals surface area contributed by atoms with E-state index in [4.69, 9.17) is 0 Å². The third-order valence-corrected chi connectivity index (χ3v) is 3.09. The summed E-state index contributed by atoms with van der Waals surface area (Å²) >= 11 is 0. The molecule has 0 spiro atoms. The van der Waals surface area contributed by atoms with Gasteiger partial charge < -0.3 is 9.67 Å². The Balaban J connectivity index is 1.93. The molecule has 0 aliphatic heterocycles. The van der Waals surface area contributed by atoms with Crippen LogP contribution >= 0.6 is 0 Å². The van der Waals surface area contributed by atoms with Crippen molar-refractivity contribution in [2.24, 2.45) is 0 Å². The molecule has 2 aromatic heterocycles. The van der Waals surface area contributed by atoms with Crippen LogP contribution in [0, 0.1) is 0 Å². The van der Waals surface area contributed by atoms with Gasteiger partial charge in [-0.2, -0.15) is 5.10 Å². The molecule has 3 aromatic rings. The molecular weight excluding hydrogens is 242 g/mol. The standard InChI is InChI=1S/C14H13N3O2/c18-13(11-4-2-1-3-5-11)10-16-8-9-17-12(14(16)19)6-7-15-17/h1-9,13,18H,10H2. The highest BCUT2D eigenvalue weighted by atomic mass is 16.3. The molecule has 1 aromatic carbocycles. The summed E-state index contributed by atoms with van der Waals surface area (Å²) in [5.41, 5.74) is 1.14. The van der Waals surface area contributed by atoms with Gasteiger partial charge in [0.2, 0.25) is 0 Å². The van der Waals surface area contributed by atoms with Crippen LogP contribution in [-0.4, -0.2) is 19.3 Å². The number of rotatable bonds is 3. The zero-order valence-electron chi connectivity index (χ0n) is 10.2. The Hall–Kier alpha value is -2.40. The molecule has 5 nitrogen and oxygen atoms in total. The van der Waals surface area contributed by atoms with Crippen molar-refractivity contribution in [2.75, 3.05) is 0 Å². The summed E-state index contributed by atoms with van der Waals surface area (Å²) in [6.07, 6.45) is 4.21. The van der Waals surface area contributed by atoms with Gasteiger partial charge in [-0.3, -0.25) is 4.79 Å². The number of aliphatic hydroxyl groups excluding tert-OH is 1. The van der Waals surface area contributed by atoms with Gasteiger partial charge in [-0.25, -0.2) is 4.52 Å². The highest BCUT2D eigenvalue weighted by Gasteiger charge is 2.10. The van der Waals surface area contributed by atoms with Crippen molar-refractivity contribution < 1.29 is 5.11 Å². The van der Waals surface area contributed by atoms with Crippen LogP contribution in [0.3, 0.4) is 0 Å². The van der Waals surface area contributed by atoms with Crippen LogP contribution in [0.4, 0.5) is 0 Å². The molecule has 2 heterocycles. The van der Waals surface area contributed by atoms with Gasteiger partial charge in [0.1, 0.15) is 5.52 Å². The molecule has 0 aliphatic carbocycles. The van der Waals surface area contributed by atoms with Gasteiger partial charge in [-0.1, -0.05) is 30.3 Å². The van der Waals surface area contributed by atoms with E-state index in [9.17, 15) is 9.90 Å². The summed E-state index contributed by atoms with van der Waals surface area (Å²) in [6.45, 7) is 0.227. The first kappa shape index (κ1) is 11.7. The minimum atomic E-state index is -0.704. The number of hydrogen-bond acceptors (Lipinski definition) is 3. The number of nitrogens with zero attached hydrogens (tertiary/aromatic N) is 3. The van der Waals surface area contributed by atoms with E-state index in [1.807, 2.05) is 30.3 Å². The zero-order valence-corrected chi connectivity index (χ0v) is 10.2. The average Bonchev–Trinajstić information content (AvgIpc) is 2.92. The largest absolute Gasteiger partial charge is 0.387 e. The normalized spacial score (nSPS) is 12.7. The molecule has 0 bridgehead atoms. The molecule has 5 heteroatoms. The van der Waals surface area contributed by atoms with Gasteiger partial charge >= 0.3 is 0 Å². The SMILES string of the molecule is O=c1c2ccnn2ccn1CC(O)c1ccccc1. The summed E-state index contributed by atoms with van der Waals surface area (Å²) in [7, 11) is 0. The van der Waals surface area contributed by atoms with Gasteiger partial charge in [0, 0.05) is 12.4 Å². The van der Waals surface area contributed by atoms with Crippen molar-refractivity contribution in [3.63, 3.8) is 0 Å². The third-order valence-electron chi connectivity index (χ3n) is 3.09. The Morgan fingerprint density at radius 1 is 1.16 bits per heavy atom. The molecule has 3 rings (SSSR count). The number of benzene rings is 1. The molecular formula is C14H13N3O2. The lowest BCUT2D eigenvalue weighted by Gasteiger charge is -2.13. The van der Waals surface area contributed by atoms with Crippen molar-refractivity contribution >= 4 is 5.52 Å². The van der Waals surface area contributed by atoms with Gasteiger partial charge in [0.05, 0.1) is 18.8 Å². The van der Waals surface area contributed by atoms with Crippen molar-refractivity contribution in [3.05, 3.63) is 70.9 Å². The first-order valence-electron chi connectivity index (χ1n) is 6.01. The van der Waals surface area contributed by atoms with Crippen LogP contribution < -0.4 is 5.56 Å². The lowest BCUT2D eigenvalue weighted by Crippen LogP contribution is -2.24. The molecule has 0 radical (unpaired) electrons. The van der Waals surface area contributed by atoms with E-state index in [1.165, 1.54) is 9.08 Å². The summed E-state index contributed by atoms with van der Waals surface area (Å²) < 4.78 is 3.02. The number of hydrogen-bond donors (Lipinski definition) is 1. The maximum atomic E-state index is 12.1. The highest BCUT2D eigenvalue weighted by molar-refractivity contribution is 5.42. The first-order valence-corrected chi connectivity index (χ1v) is 6.01. The van der Waals surface area contributed by atoms with Crippen molar-refractivity contribution in [3.8, 4) is 0 Å². The molecule has 0 fully saturated rings. The fourth-order valence-corrected chi connectivity index (χ4v) is 2.07. The maximum Gasteiger partial charge on any atom is 0.276 e. The highest BCUT2D eigenvalue weighted by Crippen LogP contribution is 2.13. The summed E-state index contributed by atoms with van der Waals surface area (Å²) in [6, 6.07) is 11.0. The molecule has 1 unspecified atom stereocenters. The summed E-state index contributed by atoms with van der Waals surface area (Å²) in [5.74, 6) is 0. The van der Waals surface area contributed by atoms with Gasteiger partial charge in [-0.05, 0) is 11.6 Å². The van der Waals surface area contributed by atoms with Gasteiger partial charge in [0.25, 0.3) is 5.56 Å². The van der Waals surface area contributed by atoms with Gasteiger partial charge in [0.15, 0.2) is 0 Å². The van der Waals surface area contributed by atoms with E-state index in [0.29, 0.717) is 5.52 Å². The van der Waals surface area contributed by atoms with E-state index >= 15 is 0 Å². The Labute approximate surface area is 109 Å². The molecule has 0 aliphatic rings. The Kier molecular flexibility index (Phi) is 2.89. The van der Waals surface area contributed by atoms with E-state index in [2.05, 4.69) is 5.10 Å². The quantitative estimate of drug-likeness (QED) is 0.765. The molecule has 1 N–H and O–H groups in total. The van der Waals surface area contributed by atoms with Crippen molar-refractivity contribution in [1.82, 2.24) is 14.2 Å². The lowest BCUT2D eigenvalue weighted by atomic mass is 10.1. The van der Waals surface area contributed by atoms with Crippen molar-refractivity contribution in [2.45, 2.75) is 12.6 Å². The second-order valence-corrected chi connectivity index (χ2v) is 4.34. The fourth-order valence-electron chi connectivity index (χ4n) is 2.07. The molecule has 0 saturated heterocycles. The Morgan fingerprint density at radius 3 is 2.74 bits per heavy atom.